The van der Waals surface area contributed by atoms with Crippen LogP contribution in [-0.2, 0) is 27.8 Å². The van der Waals surface area contributed by atoms with E-state index in [-0.39, 0.29) is 34.2 Å². The Hall–Kier alpha value is -2.67. The van der Waals surface area contributed by atoms with Crippen molar-refractivity contribution in [3.63, 3.8) is 0 Å². The smallest absolute Gasteiger partial charge is 0.392 e. The van der Waals surface area contributed by atoms with Gasteiger partial charge >= 0.3 is 6.18 Å². The molecule has 0 amide bonds. The molecule has 3 rings (SSSR count). The predicted molar refractivity (Wildman–Crippen MR) is 142 cm³/mol. The van der Waals surface area contributed by atoms with Gasteiger partial charge in [0.2, 0.25) is 5.88 Å². The van der Waals surface area contributed by atoms with Gasteiger partial charge in [-0.25, -0.2) is 12.7 Å². The van der Waals surface area contributed by atoms with E-state index in [1.165, 1.54) is 36.4 Å². The Bertz CT molecular complexity index is 1370. The Kier molecular flexibility index (Phi) is 9.12. The monoisotopic (exact) mass is 570 g/mol. The van der Waals surface area contributed by atoms with Gasteiger partial charge in [-0.1, -0.05) is 61.2 Å². The highest BCUT2D eigenvalue weighted by molar-refractivity contribution is 7.93. The Labute approximate surface area is 222 Å². The second-order valence-electron chi connectivity index (χ2n) is 10.3. The van der Waals surface area contributed by atoms with E-state index in [1.54, 1.807) is 19.9 Å². The second kappa shape index (κ2) is 11.6. The zero-order valence-electron chi connectivity index (χ0n) is 22.1. The molecule has 0 atom stereocenters. The van der Waals surface area contributed by atoms with E-state index in [2.05, 4.69) is 24.8 Å². The second-order valence-corrected chi connectivity index (χ2v) is 17.8. The Morgan fingerprint density at radius 1 is 1.08 bits per heavy atom. The number of anilines is 1. The molecule has 1 aromatic heterocycles. The van der Waals surface area contributed by atoms with Crippen molar-refractivity contribution in [1.29, 1.82) is 0 Å². The van der Waals surface area contributed by atoms with Crippen LogP contribution in [0, 0.1) is 13.8 Å². The minimum Gasteiger partial charge on any atom is -0.392 e. The molecule has 0 radical (unpaired) electrons. The van der Waals surface area contributed by atoms with E-state index < -0.39 is 37.3 Å². The molecule has 38 heavy (non-hydrogen) atoms. The van der Waals surface area contributed by atoms with Gasteiger partial charge in [0.05, 0.1) is 23.6 Å². The van der Waals surface area contributed by atoms with Gasteiger partial charge in [-0.15, -0.1) is 0 Å². The number of sulfonamides is 1. The van der Waals surface area contributed by atoms with E-state index in [0.29, 0.717) is 23.4 Å². The summed E-state index contributed by atoms with van der Waals surface area (Å²) in [5.74, 6) is -0.0172. The van der Waals surface area contributed by atoms with Crippen LogP contribution in [0.2, 0.25) is 25.7 Å². The molecular formula is C26H33F3N2O5SSi. The molecule has 1 N–H and O–H groups in total. The van der Waals surface area contributed by atoms with Crippen molar-refractivity contribution in [2.24, 2.45) is 0 Å². The third kappa shape index (κ3) is 7.25. The largest absolute Gasteiger partial charge is 0.393 e. The summed E-state index contributed by atoms with van der Waals surface area (Å²) in [4.78, 5) is -0.206. The summed E-state index contributed by atoms with van der Waals surface area (Å²) in [6.45, 7) is 9.41. The van der Waals surface area contributed by atoms with E-state index in [4.69, 9.17) is 9.26 Å². The number of aryl methyl sites for hydroxylation is 1. The molecule has 7 nitrogen and oxygen atoms in total. The molecule has 208 valence electrons. The number of halogens is 3. The van der Waals surface area contributed by atoms with Crippen LogP contribution in [0.4, 0.5) is 19.1 Å². The van der Waals surface area contributed by atoms with Gasteiger partial charge in [0.25, 0.3) is 10.0 Å². The minimum atomic E-state index is -4.54. The van der Waals surface area contributed by atoms with Crippen LogP contribution in [0.15, 0.2) is 51.9 Å². The van der Waals surface area contributed by atoms with Gasteiger partial charge in [0, 0.05) is 25.8 Å². The summed E-state index contributed by atoms with van der Waals surface area (Å²) in [7, 11) is -5.83. The molecule has 0 bridgehead atoms. The molecule has 2 aromatic carbocycles. The highest BCUT2D eigenvalue weighted by Crippen LogP contribution is 2.37. The van der Waals surface area contributed by atoms with Crippen molar-refractivity contribution >= 4 is 24.0 Å². The van der Waals surface area contributed by atoms with Gasteiger partial charge in [-0.05, 0) is 42.6 Å². The van der Waals surface area contributed by atoms with E-state index in [0.717, 1.165) is 10.3 Å². The Morgan fingerprint density at radius 2 is 1.76 bits per heavy atom. The molecule has 0 spiro atoms. The van der Waals surface area contributed by atoms with Crippen LogP contribution in [-0.4, -0.2) is 46.3 Å². The number of rotatable bonds is 11. The van der Waals surface area contributed by atoms with Gasteiger partial charge in [0.15, 0.2) is 0 Å². The number of nitrogens with zero attached hydrogens (tertiary/aromatic N) is 2. The van der Waals surface area contributed by atoms with Crippen molar-refractivity contribution in [3.05, 3.63) is 64.8 Å². The van der Waals surface area contributed by atoms with Gasteiger partial charge in [-0.3, -0.25) is 0 Å². The first kappa shape index (κ1) is 29.9. The quantitative estimate of drug-likeness (QED) is 0.171. The number of hydrogen-bond donors (Lipinski definition) is 1. The van der Waals surface area contributed by atoms with Crippen LogP contribution in [0.1, 0.15) is 22.4 Å². The maximum atomic E-state index is 14.1. The highest BCUT2D eigenvalue weighted by atomic mass is 32.2. The predicted octanol–water partition coefficient (Wildman–Crippen LogP) is 6.06. The van der Waals surface area contributed by atoms with Crippen molar-refractivity contribution in [3.8, 4) is 11.1 Å². The molecule has 3 aromatic rings. The zero-order valence-corrected chi connectivity index (χ0v) is 23.9. The van der Waals surface area contributed by atoms with Crippen molar-refractivity contribution in [1.82, 2.24) is 5.16 Å². The molecule has 0 saturated heterocycles. The fourth-order valence-corrected chi connectivity index (χ4v) is 6.10. The molecule has 0 saturated carbocycles. The number of aliphatic hydroxyl groups is 1. The van der Waals surface area contributed by atoms with E-state index >= 15 is 0 Å². The first-order valence-corrected chi connectivity index (χ1v) is 17.2. The lowest BCUT2D eigenvalue weighted by Crippen LogP contribution is -2.34. The van der Waals surface area contributed by atoms with Gasteiger partial charge < -0.3 is 14.4 Å². The van der Waals surface area contributed by atoms with E-state index in [1.807, 2.05) is 0 Å². The standard InChI is InChI=1S/C26H33F3N2O5SSi/c1-18-19(2)30-36-25(18)31(17-35-12-13-38(3,4)5)37(33,34)24-9-7-6-8-23(24)22-11-10-20(16-32)14-21(22)15-26(27,28)29/h6-11,14,32H,12-13,15-17H2,1-5H3. The lowest BCUT2D eigenvalue weighted by molar-refractivity contribution is -0.127. The van der Waals surface area contributed by atoms with Crippen molar-refractivity contribution in [2.45, 2.75) is 63.6 Å². The number of aliphatic hydroxyl groups excluding tert-OH is 1. The molecular weight excluding hydrogens is 537 g/mol. The summed E-state index contributed by atoms with van der Waals surface area (Å²) in [6, 6.07) is 10.8. The minimum absolute atomic E-state index is 0.0172. The first-order chi connectivity index (χ1) is 17.6. The molecule has 0 aliphatic carbocycles. The average molecular weight is 571 g/mol. The number of ether oxygens (including phenoxy) is 1. The Morgan fingerprint density at radius 3 is 2.34 bits per heavy atom. The zero-order chi connectivity index (χ0) is 28.3. The lowest BCUT2D eigenvalue weighted by atomic mass is 9.95. The fourth-order valence-electron chi connectivity index (χ4n) is 3.80. The van der Waals surface area contributed by atoms with E-state index in [9.17, 15) is 26.7 Å². The highest BCUT2D eigenvalue weighted by Gasteiger charge is 2.34. The summed E-state index contributed by atoms with van der Waals surface area (Å²) < 4.78 is 80.6. The van der Waals surface area contributed by atoms with Gasteiger partial charge in [0.1, 0.15) is 6.73 Å². The topological polar surface area (TPSA) is 92.9 Å². The van der Waals surface area contributed by atoms with Crippen LogP contribution in [0.5, 0.6) is 0 Å². The number of aromatic nitrogens is 1. The summed E-state index contributed by atoms with van der Waals surface area (Å²) in [5.41, 5.74) is 1.35. The number of alkyl halides is 3. The molecule has 12 heteroatoms. The fraction of sp³-hybridized carbons (Fsp3) is 0.423. The summed E-state index contributed by atoms with van der Waals surface area (Å²) in [6.07, 6.45) is -5.82. The van der Waals surface area contributed by atoms with Gasteiger partial charge in [-0.2, -0.15) is 13.2 Å². The van der Waals surface area contributed by atoms with Crippen LogP contribution < -0.4 is 4.31 Å². The SMILES string of the molecule is Cc1noc(N(COCC[Si](C)(C)C)S(=O)(=O)c2ccccc2-c2ccc(CO)cc2CC(F)(F)F)c1C. The maximum absolute atomic E-state index is 14.1. The molecule has 0 aliphatic heterocycles. The van der Waals surface area contributed by atoms with Crippen LogP contribution >= 0.6 is 0 Å². The number of benzene rings is 2. The van der Waals surface area contributed by atoms with Crippen molar-refractivity contribution < 1.29 is 36.0 Å². The first-order valence-electron chi connectivity index (χ1n) is 12.1. The Balaban J connectivity index is 2.12. The average Bonchev–Trinajstić information content (AvgIpc) is 3.15. The maximum Gasteiger partial charge on any atom is 0.393 e. The normalized spacial score (nSPS) is 12.7. The summed E-state index contributed by atoms with van der Waals surface area (Å²) >= 11 is 0. The molecule has 0 fully saturated rings. The molecule has 0 aliphatic rings. The number of hydrogen-bond acceptors (Lipinski definition) is 6. The lowest BCUT2D eigenvalue weighted by Gasteiger charge is -2.25. The molecule has 1 heterocycles. The van der Waals surface area contributed by atoms with Crippen LogP contribution in [0.25, 0.3) is 11.1 Å². The van der Waals surface area contributed by atoms with Crippen LogP contribution in [0.3, 0.4) is 0 Å². The third-order valence-corrected chi connectivity index (χ3v) is 9.52. The molecule has 0 unspecified atom stereocenters. The third-order valence-electron chi connectivity index (χ3n) is 6.05. The summed E-state index contributed by atoms with van der Waals surface area (Å²) in [5, 5.41) is 13.4. The van der Waals surface area contributed by atoms with Crippen molar-refractivity contribution in [2.75, 3.05) is 17.6 Å².